The maximum Gasteiger partial charge on any atom is 0.224 e. The zero-order valence-electron chi connectivity index (χ0n) is 14.8. The Morgan fingerprint density at radius 3 is 2.93 bits per heavy atom. The predicted octanol–water partition coefficient (Wildman–Crippen LogP) is 3.24. The Kier molecular flexibility index (Phi) is 5.02. The van der Waals surface area contributed by atoms with Crippen LogP contribution in [0.2, 0.25) is 0 Å². The van der Waals surface area contributed by atoms with Gasteiger partial charge in [0.15, 0.2) is 0 Å². The summed E-state index contributed by atoms with van der Waals surface area (Å²) in [4.78, 5) is 32.1. The Balaban J connectivity index is 1.34. The van der Waals surface area contributed by atoms with E-state index in [-0.39, 0.29) is 24.7 Å². The van der Waals surface area contributed by atoms with Crippen molar-refractivity contribution >= 4 is 28.8 Å². The van der Waals surface area contributed by atoms with E-state index in [1.807, 2.05) is 39.9 Å². The zero-order valence-corrected chi connectivity index (χ0v) is 15.6. The van der Waals surface area contributed by atoms with Gasteiger partial charge >= 0.3 is 0 Å². The first-order valence-electron chi connectivity index (χ1n) is 8.91. The molecule has 27 heavy (non-hydrogen) atoms. The number of imidazole rings is 1. The molecule has 0 unspecified atom stereocenters. The van der Waals surface area contributed by atoms with Crippen molar-refractivity contribution in [3.8, 4) is 5.69 Å². The van der Waals surface area contributed by atoms with Crippen LogP contribution in [0.15, 0.2) is 54.4 Å². The van der Waals surface area contributed by atoms with E-state index >= 15 is 0 Å². The molecule has 0 bridgehead atoms. The van der Waals surface area contributed by atoms with Crippen LogP contribution in [0, 0.1) is 0 Å². The summed E-state index contributed by atoms with van der Waals surface area (Å²) in [5.74, 6) is -0.131. The fraction of sp³-hybridized carbons (Fsp3) is 0.250. The summed E-state index contributed by atoms with van der Waals surface area (Å²) in [7, 11) is 0. The van der Waals surface area contributed by atoms with E-state index in [9.17, 15) is 9.59 Å². The average Bonchev–Trinajstić information content (AvgIpc) is 3.37. The molecule has 138 valence electrons. The number of fused-ring (bicyclic) bond motifs is 1. The SMILES string of the molecule is O=C(CCC(=O)N1CCc2sccc2C1)Nc1ccccc1-n1ccnc1. The van der Waals surface area contributed by atoms with Crippen molar-refractivity contribution < 1.29 is 9.59 Å². The lowest BCUT2D eigenvalue weighted by Crippen LogP contribution is -2.35. The highest BCUT2D eigenvalue weighted by Gasteiger charge is 2.21. The molecule has 7 heteroatoms. The minimum atomic E-state index is -0.163. The molecular weight excluding hydrogens is 360 g/mol. The van der Waals surface area contributed by atoms with Gasteiger partial charge in [0, 0.05) is 43.2 Å². The minimum absolute atomic E-state index is 0.0323. The molecule has 0 atom stereocenters. The van der Waals surface area contributed by atoms with Gasteiger partial charge in [-0.1, -0.05) is 12.1 Å². The van der Waals surface area contributed by atoms with Crippen LogP contribution in [0.1, 0.15) is 23.3 Å². The Labute approximate surface area is 161 Å². The molecule has 2 aromatic heterocycles. The Hall–Kier alpha value is -2.93. The smallest absolute Gasteiger partial charge is 0.224 e. The van der Waals surface area contributed by atoms with E-state index in [1.165, 1.54) is 10.4 Å². The van der Waals surface area contributed by atoms with Crippen LogP contribution >= 0.6 is 11.3 Å². The zero-order chi connectivity index (χ0) is 18.6. The number of benzene rings is 1. The number of para-hydroxylation sites is 2. The van der Waals surface area contributed by atoms with Gasteiger partial charge in [-0.3, -0.25) is 9.59 Å². The summed E-state index contributed by atoms with van der Waals surface area (Å²) < 4.78 is 1.84. The topological polar surface area (TPSA) is 67.2 Å². The number of nitrogens with one attached hydrogen (secondary N) is 1. The number of thiophene rings is 1. The largest absolute Gasteiger partial charge is 0.338 e. The van der Waals surface area contributed by atoms with Crippen LogP contribution in [-0.2, 0) is 22.6 Å². The van der Waals surface area contributed by atoms with Gasteiger partial charge in [-0.05, 0) is 35.6 Å². The maximum atomic E-state index is 12.5. The monoisotopic (exact) mass is 380 g/mol. The van der Waals surface area contributed by atoms with E-state index in [4.69, 9.17) is 0 Å². The van der Waals surface area contributed by atoms with Gasteiger partial charge in [-0.2, -0.15) is 0 Å². The van der Waals surface area contributed by atoms with Crippen LogP contribution in [-0.4, -0.2) is 32.8 Å². The van der Waals surface area contributed by atoms with Crippen molar-refractivity contribution in [2.24, 2.45) is 0 Å². The third-order valence-corrected chi connectivity index (χ3v) is 5.71. The molecule has 0 fully saturated rings. The first-order valence-corrected chi connectivity index (χ1v) is 9.79. The van der Waals surface area contributed by atoms with Crippen molar-refractivity contribution in [2.75, 3.05) is 11.9 Å². The summed E-state index contributed by atoms with van der Waals surface area (Å²) in [6, 6.07) is 9.61. The molecule has 6 nitrogen and oxygen atoms in total. The lowest BCUT2D eigenvalue weighted by molar-refractivity contribution is -0.133. The molecule has 3 aromatic rings. The molecule has 3 heterocycles. The van der Waals surface area contributed by atoms with Gasteiger partial charge in [-0.15, -0.1) is 11.3 Å². The molecule has 2 amide bonds. The third kappa shape index (κ3) is 3.93. The summed E-state index contributed by atoms with van der Waals surface area (Å²) in [6.45, 7) is 1.39. The molecule has 0 saturated carbocycles. The number of anilines is 1. The number of hydrogen-bond donors (Lipinski definition) is 1. The van der Waals surface area contributed by atoms with Gasteiger partial charge in [0.05, 0.1) is 17.7 Å². The first-order chi connectivity index (χ1) is 13.2. The van der Waals surface area contributed by atoms with Crippen molar-refractivity contribution in [3.05, 3.63) is 64.9 Å². The van der Waals surface area contributed by atoms with Crippen LogP contribution in [0.4, 0.5) is 5.69 Å². The lowest BCUT2D eigenvalue weighted by atomic mass is 10.1. The van der Waals surface area contributed by atoms with E-state index < -0.39 is 0 Å². The Morgan fingerprint density at radius 1 is 1.19 bits per heavy atom. The van der Waals surface area contributed by atoms with Gasteiger partial charge < -0.3 is 14.8 Å². The fourth-order valence-corrected chi connectivity index (χ4v) is 4.15. The standard InChI is InChI=1S/C20H20N4O2S/c25-19(22-16-3-1-2-4-17(16)24-11-9-21-14-24)5-6-20(26)23-10-7-18-15(13-23)8-12-27-18/h1-4,8-9,11-12,14H,5-7,10,13H2,(H,22,25). The average molecular weight is 380 g/mol. The molecule has 1 aliphatic heterocycles. The number of hydrogen-bond acceptors (Lipinski definition) is 4. The molecule has 0 radical (unpaired) electrons. The summed E-state index contributed by atoms with van der Waals surface area (Å²) in [6.07, 6.45) is 6.49. The van der Waals surface area contributed by atoms with Gasteiger partial charge in [0.2, 0.25) is 11.8 Å². The second-order valence-electron chi connectivity index (χ2n) is 6.47. The number of rotatable bonds is 5. The predicted molar refractivity (Wildman–Crippen MR) is 105 cm³/mol. The van der Waals surface area contributed by atoms with E-state index in [0.717, 1.165) is 18.7 Å². The van der Waals surface area contributed by atoms with Crippen molar-refractivity contribution in [1.82, 2.24) is 14.5 Å². The number of nitrogens with zero attached hydrogens (tertiary/aromatic N) is 3. The number of aromatic nitrogens is 2. The fourth-order valence-electron chi connectivity index (χ4n) is 3.26. The maximum absolute atomic E-state index is 12.5. The summed E-state index contributed by atoms with van der Waals surface area (Å²) >= 11 is 1.75. The highest BCUT2D eigenvalue weighted by molar-refractivity contribution is 7.10. The first kappa shape index (κ1) is 17.5. The van der Waals surface area contributed by atoms with Gasteiger partial charge in [0.25, 0.3) is 0 Å². The van der Waals surface area contributed by atoms with Crippen molar-refractivity contribution in [2.45, 2.75) is 25.8 Å². The van der Waals surface area contributed by atoms with Gasteiger partial charge in [0.1, 0.15) is 0 Å². The molecule has 0 aliphatic carbocycles. The third-order valence-electron chi connectivity index (χ3n) is 4.69. The molecule has 1 aromatic carbocycles. The number of amides is 2. The van der Waals surface area contributed by atoms with Crippen LogP contribution < -0.4 is 5.32 Å². The van der Waals surface area contributed by atoms with Crippen LogP contribution in [0.25, 0.3) is 5.69 Å². The summed E-state index contributed by atoms with van der Waals surface area (Å²) in [5.41, 5.74) is 2.78. The van der Waals surface area contributed by atoms with E-state index in [0.29, 0.717) is 12.2 Å². The molecular formula is C20H20N4O2S. The minimum Gasteiger partial charge on any atom is -0.338 e. The molecule has 0 spiro atoms. The van der Waals surface area contributed by atoms with Crippen molar-refractivity contribution in [1.29, 1.82) is 0 Å². The summed E-state index contributed by atoms with van der Waals surface area (Å²) in [5, 5.41) is 4.99. The lowest BCUT2D eigenvalue weighted by Gasteiger charge is -2.27. The van der Waals surface area contributed by atoms with E-state index in [1.54, 1.807) is 23.9 Å². The Bertz CT molecular complexity index is 949. The number of carbonyl (C=O) groups excluding carboxylic acids is 2. The quantitative estimate of drug-likeness (QED) is 0.739. The Morgan fingerprint density at radius 2 is 2.07 bits per heavy atom. The van der Waals surface area contributed by atoms with Crippen LogP contribution in [0.3, 0.4) is 0 Å². The van der Waals surface area contributed by atoms with E-state index in [2.05, 4.69) is 21.7 Å². The van der Waals surface area contributed by atoms with Crippen molar-refractivity contribution in [3.63, 3.8) is 0 Å². The van der Waals surface area contributed by atoms with Crippen LogP contribution in [0.5, 0.6) is 0 Å². The molecule has 0 saturated heterocycles. The second kappa shape index (κ2) is 7.75. The molecule has 4 rings (SSSR count). The highest BCUT2D eigenvalue weighted by Crippen LogP contribution is 2.24. The normalized spacial score (nSPS) is 13.3. The van der Waals surface area contributed by atoms with Gasteiger partial charge in [-0.25, -0.2) is 4.98 Å². The molecule has 1 N–H and O–H groups in total. The second-order valence-corrected chi connectivity index (χ2v) is 7.47. The number of carbonyl (C=O) groups is 2. The molecule has 1 aliphatic rings. The highest BCUT2D eigenvalue weighted by atomic mass is 32.1.